The second-order valence-electron chi connectivity index (χ2n) is 5.73. The van der Waals surface area contributed by atoms with Crippen molar-refractivity contribution in [2.75, 3.05) is 19.7 Å². The van der Waals surface area contributed by atoms with Gasteiger partial charge >= 0.3 is 0 Å². The lowest BCUT2D eigenvalue weighted by molar-refractivity contribution is -0.0283. The van der Waals surface area contributed by atoms with Crippen molar-refractivity contribution in [2.45, 2.75) is 19.6 Å². The standard InChI is InChI=1S/C17H18N4O3/c1-2-20-11-18-19-16(20)15-9-21(7-8-23-15)17(22)13-10-24-14-6-4-3-5-12(13)14/h3-6,10-11,15H,2,7-9H2,1H3/t15-/m1/s1. The van der Waals surface area contributed by atoms with Crippen LogP contribution in [0.15, 0.2) is 41.3 Å². The molecule has 0 saturated carbocycles. The van der Waals surface area contributed by atoms with Gasteiger partial charge in [-0.1, -0.05) is 18.2 Å². The van der Waals surface area contributed by atoms with Gasteiger partial charge in [0.15, 0.2) is 5.82 Å². The number of ether oxygens (including phenoxy) is 1. The molecule has 1 saturated heterocycles. The van der Waals surface area contributed by atoms with Gasteiger partial charge in [0.05, 0.1) is 18.7 Å². The molecule has 7 heteroatoms. The molecule has 3 heterocycles. The predicted molar refractivity (Wildman–Crippen MR) is 86.5 cm³/mol. The average molecular weight is 326 g/mol. The molecular formula is C17H18N4O3. The molecule has 1 atom stereocenters. The van der Waals surface area contributed by atoms with Crippen molar-refractivity contribution in [3.05, 3.63) is 48.2 Å². The molecule has 1 aromatic carbocycles. The lowest BCUT2D eigenvalue weighted by atomic mass is 10.1. The van der Waals surface area contributed by atoms with Gasteiger partial charge in [0.1, 0.15) is 24.3 Å². The summed E-state index contributed by atoms with van der Waals surface area (Å²) in [6.45, 7) is 4.27. The summed E-state index contributed by atoms with van der Waals surface area (Å²) in [4.78, 5) is 14.7. The number of carbonyl (C=O) groups is 1. The minimum Gasteiger partial charge on any atom is -0.463 e. The van der Waals surface area contributed by atoms with Crippen LogP contribution in [0.2, 0.25) is 0 Å². The normalized spacial score (nSPS) is 18.2. The summed E-state index contributed by atoms with van der Waals surface area (Å²) in [7, 11) is 0. The first kappa shape index (κ1) is 14.9. The Hall–Kier alpha value is -2.67. The second kappa shape index (κ2) is 6.09. The Kier molecular flexibility index (Phi) is 3.78. The van der Waals surface area contributed by atoms with Crippen molar-refractivity contribution in [2.24, 2.45) is 0 Å². The van der Waals surface area contributed by atoms with Gasteiger partial charge in [0.25, 0.3) is 5.91 Å². The minimum atomic E-state index is -0.261. The van der Waals surface area contributed by atoms with Crippen molar-refractivity contribution >= 4 is 16.9 Å². The largest absolute Gasteiger partial charge is 0.463 e. The summed E-state index contributed by atoms with van der Waals surface area (Å²) in [5, 5.41) is 8.93. The van der Waals surface area contributed by atoms with E-state index in [2.05, 4.69) is 10.2 Å². The third kappa shape index (κ3) is 2.46. The molecule has 1 amide bonds. The number of para-hydroxylation sites is 1. The number of amides is 1. The lowest BCUT2D eigenvalue weighted by Gasteiger charge is -2.32. The summed E-state index contributed by atoms with van der Waals surface area (Å²) in [6, 6.07) is 7.55. The van der Waals surface area contributed by atoms with Crippen molar-refractivity contribution in [1.29, 1.82) is 0 Å². The number of rotatable bonds is 3. The van der Waals surface area contributed by atoms with Gasteiger partial charge in [-0.05, 0) is 13.0 Å². The van der Waals surface area contributed by atoms with Gasteiger partial charge in [0, 0.05) is 18.5 Å². The number of nitrogens with zero attached hydrogens (tertiary/aromatic N) is 4. The maximum Gasteiger partial charge on any atom is 0.257 e. The van der Waals surface area contributed by atoms with Crippen LogP contribution < -0.4 is 0 Å². The number of aromatic nitrogens is 3. The molecule has 1 fully saturated rings. The van der Waals surface area contributed by atoms with E-state index in [-0.39, 0.29) is 12.0 Å². The summed E-state index contributed by atoms with van der Waals surface area (Å²) < 4.78 is 13.2. The molecule has 0 N–H and O–H groups in total. The van der Waals surface area contributed by atoms with E-state index in [1.54, 1.807) is 11.2 Å². The highest BCUT2D eigenvalue weighted by Gasteiger charge is 2.30. The molecule has 0 unspecified atom stereocenters. The molecule has 1 aliphatic heterocycles. The van der Waals surface area contributed by atoms with Crippen LogP contribution in [0.3, 0.4) is 0 Å². The fourth-order valence-electron chi connectivity index (χ4n) is 3.06. The SMILES string of the molecule is CCn1cnnc1[C@H]1CN(C(=O)c2coc3ccccc23)CCO1. The second-order valence-corrected chi connectivity index (χ2v) is 5.73. The number of morpholine rings is 1. The van der Waals surface area contributed by atoms with E-state index in [1.165, 1.54) is 6.26 Å². The fraction of sp³-hybridized carbons (Fsp3) is 0.353. The van der Waals surface area contributed by atoms with Gasteiger partial charge < -0.3 is 18.6 Å². The Morgan fingerprint density at radius 1 is 1.38 bits per heavy atom. The molecule has 0 spiro atoms. The highest BCUT2D eigenvalue weighted by atomic mass is 16.5. The zero-order valence-corrected chi connectivity index (χ0v) is 13.4. The van der Waals surface area contributed by atoms with E-state index in [0.717, 1.165) is 23.3 Å². The number of hydrogen-bond acceptors (Lipinski definition) is 5. The minimum absolute atomic E-state index is 0.0455. The maximum absolute atomic E-state index is 12.9. The van der Waals surface area contributed by atoms with Crippen LogP contribution in [0.4, 0.5) is 0 Å². The monoisotopic (exact) mass is 326 g/mol. The van der Waals surface area contributed by atoms with E-state index in [0.29, 0.717) is 25.3 Å². The van der Waals surface area contributed by atoms with Crippen LogP contribution in [0, 0.1) is 0 Å². The van der Waals surface area contributed by atoms with Crippen molar-refractivity contribution in [3.63, 3.8) is 0 Å². The number of benzene rings is 1. The Morgan fingerprint density at radius 2 is 2.25 bits per heavy atom. The lowest BCUT2D eigenvalue weighted by Crippen LogP contribution is -2.42. The summed E-state index contributed by atoms with van der Waals surface area (Å²) >= 11 is 0. The highest BCUT2D eigenvalue weighted by Crippen LogP contribution is 2.25. The molecule has 0 bridgehead atoms. The number of fused-ring (bicyclic) bond motifs is 1. The molecule has 3 aromatic rings. The molecule has 4 rings (SSSR count). The summed E-state index contributed by atoms with van der Waals surface area (Å²) in [5.41, 5.74) is 1.31. The Morgan fingerprint density at radius 3 is 3.12 bits per heavy atom. The van der Waals surface area contributed by atoms with Gasteiger partial charge in [-0.3, -0.25) is 4.79 Å². The smallest absolute Gasteiger partial charge is 0.257 e. The maximum atomic E-state index is 12.9. The van der Waals surface area contributed by atoms with Crippen LogP contribution in [0.25, 0.3) is 11.0 Å². The number of hydrogen-bond donors (Lipinski definition) is 0. The highest BCUT2D eigenvalue weighted by molar-refractivity contribution is 6.05. The molecule has 1 aliphatic rings. The van der Waals surface area contributed by atoms with Gasteiger partial charge in [0.2, 0.25) is 0 Å². The van der Waals surface area contributed by atoms with Gasteiger partial charge in [-0.15, -0.1) is 10.2 Å². The van der Waals surface area contributed by atoms with Crippen LogP contribution >= 0.6 is 0 Å². The quantitative estimate of drug-likeness (QED) is 0.738. The molecule has 124 valence electrons. The van der Waals surface area contributed by atoms with Crippen molar-refractivity contribution < 1.29 is 13.9 Å². The number of carbonyl (C=O) groups excluding carboxylic acids is 1. The Labute approximate surface area is 138 Å². The summed E-state index contributed by atoms with van der Waals surface area (Å²) in [6.07, 6.45) is 2.96. The molecule has 24 heavy (non-hydrogen) atoms. The zero-order valence-electron chi connectivity index (χ0n) is 13.4. The van der Waals surface area contributed by atoms with Crippen LogP contribution in [0.5, 0.6) is 0 Å². The molecule has 2 aromatic heterocycles. The van der Waals surface area contributed by atoms with E-state index in [1.807, 2.05) is 35.8 Å². The Bertz CT molecular complexity index is 869. The molecular weight excluding hydrogens is 308 g/mol. The number of aryl methyl sites for hydroxylation is 1. The van der Waals surface area contributed by atoms with Gasteiger partial charge in [-0.2, -0.15) is 0 Å². The third-order valence-electron chi connectivity index (χ3n) is 4.34. The Balaban J connectivity index is 1.59. The first-order chi connectivity index (χ1) is 11.8. The molecule has 0 aliphatic carbocycles. The van der Waals surface area contributed by atoms with E-state index in [9.17, 15) is 4.79 Å². The molecule has 0 radical (unpaired) electrons. The topological polar surface area (TPSA) is 73.4 Å². The van der Waals surface area contributed by atoms with E-state index in [4.69, 9.17) is 9.15 Å². The van der Waals surface area contributed by atoms with Crippen LogP contribution in [-0.4, -0.2) is 45.3 Å². The molecule has 7 nitrogen and oxygen atoms in total. The van der Waals surface area contributed by atoms with Gasteiger partial charge in [-0.25, -0.2) is 0 Å². The predicted octanol–water partition coefficient (Wildman–Crippen LogP) is 2.26. The number of furan rings is 1. The van der Waals surface area contributed by atoms with Crippen molar-refractivity contribution in [3.8, 4) is 0 Å². The van der Waals surface area contributed by atoms with E-state index >= 15 is 0 Å². The van der Waals surface area contributed by atoms with E-state index < -0.39 is 0 Å². The third-order valence-corrected chi connectivity index (χ3v) is 4.34. The first-order valence-corrected chi connectivity index (χ1v) is 8.02. The first-order valence-electron chi connectivity index (χ1n) is 8.02. The van der Waals surface area contributed by atoms with Crippen molar-refractivity contribution in [1.82, 2.24) is 19.7 Å². The zero-order chi connectivity index (χ0) is 16.5. The average Bonchev–Trinajstić information content (AvgIpc) is 3.28. The summed E-state index contributed by atoms with van der Waals surface area (Å²) in [5.74, 6) is 0.711. The van der Waals surface area contributed by atoms with Crippen LogP contribution in [0.1, 0.15) is 29.2 Å². The van der Waals surface area contributed by atoms with Crippen LogP contribution in [-0.2, 0) is 11.3 Å². The fourth-order valence-corrected chi connectivity index (χ4v) is 3.06.